The molecule has 0 spiro atoms. The molecule has 1 N–H and O–H groups in total. The Morgan fingerprint density at radius 1 is 1.24 bits per heavy atom. The third kappa shape index (κ3) is 3.94. The van der Waals surface area contributed by atoms with Crippen LogP contribution >= 0.6 is 11.3 Å². The quantitative estimate of drug-likeness (QED) is 0.684. The van der Waals surface area contributed by atoms with E-state index in [2.05, 4.69) is 10.3 Å². The molecule has 0 aliphatic carbocycles. The van der Waals surface area contributed by atoms with E-state index >= 15 is 0 Å². The number of anilines is 1. The molecule has 0 unspecified atom stereocenters. The number of hydrogen-bond donors (Lipinski definition) is 1. The Bertz CT molecular complexity index is 1030. The first-order valence-corrected chi connectivity index (χ1v) is 9.50. The number of nitrogens with one attached hydrogen (secondary N) is 1. The second-order valence-electron chi connectivity index (χ2n) is 5.04. The van der Waals surface area contributed by atoms with Crippen molar-refractivity contribution in [3.05, 3.63) is 48.3 Å². The van der Waals surface area contributed by atoms with Crippen LogP contribution in [0.25, 0.3) is 10.2 Å². The van der Waals surface area contributed by atoms with Gasteiger partial charge in [0, 0.05) is 12.5 Å². The predicted octanol–water partition coefficient (Wildman–Crippen LogP) is 3.55. The van der Waals surface area contributed by atoms with Crippen molar-refractivity contribution in [3.8, 4) is 5.75 Å². The molecule has 0 saturated carbocycles. The van der Waals surface area contributed by atoms with Crippen LogP contribution in [0.2, 0.25) is 0 Å². The maximum atomic E-state index is 12.9. The minimum atomic E-state index is -4.07. The van der Waals surface area contributed by atoms with Crippen molar-refractivity contribution in [1.82, 2.24) is 4.98 Å². The Labute approximate surface area is 147 Å². The van der Waals surface area contributed by atoms with Gasteiger partial charge in [-0.05, 0) is 36.4 Å². The smallest absolute Gasteiger partial charge is 0.339 e. The molecular formula is C16H13FN2O4S2. The average Bonchev–Trinajstić information content (AvgIpc) is 2.96. The van der Waals surface area contributed by atoms with Gasteiger partial charge in [0.15, 0.2) is 5.13 Å². The zero-order valence-electron chi connectivity index (χ0n) is 13.0. The molecule has 0 bridgehead atoms. The zero-order valence-corrected chi connectivity index (χ0v) is 14.7. The van der Waals surface area contributed by atoms with Crippen LogP contribution < -0.4 is 9.50 Å². The summed E-state index contributed by atoms with van der Waals surface area (Å²) >= 11 is 1.21. The summed E-state index contributed by atoms with van der Waals surface area (Å²) in [6.07, 6.45) is 0.334. The van der Waals surface area contributed by atoms with Gasteiger partial charge in [-0.3, -0.25) is 4.79 Å². The Morgan fingerprint density at radius 3 is 2.64 bits per heavy atom. The van der Waals surface area contributed by atoms with Gasteiger partial charge in [0.25, 0.3) is 0 Å². The summed E-state index contributed by atoms with van der Waals surface area (Å²) in [5.74, 6) is -0.588. The van der Waals surface area contributed by atoms with E-state index in [0.29, 0.717) is 21.8 Å². The van der Waals surface area contributed by atoms with Gasteiger partial charge < -0.3 is 9.50 Å². The number of nitrogens with zero attached hydrogens (tertiary/aromatic N) is 1. The largest absolute Gasteiger partial charge is 0.379 e. The first-order chi connectivity index (χ1) is 11.9. The minimum Gasteiger partial charge on any atom is -0.379 e. The van der Waals surface area contributed by atoms with Crippen LogP contribution in [-0.2, 0) is 14.9 Å². The highest BCUT2D eigenvalue weighted by Gasteiger charge is 2.17. The van der Waals surface area contributed by atoms with Crippen molar-refractivity contribution < 1.29 is 21.8 Å². The molecule has 0 aliphatic rings. The highest BCUT2D eigenvalue weighted by atomic mass is 32.2. The van der Waals surface area contributed by atoms with E-state index in [4.69, 9.17) is 4.18 Å². The van der Waals surface area contributed by atoms with Gasteiger partial charge in [-0.15, -0.1) is 0 Å². The van der Waals surface area contributed by atoms with Gasteiger partial charge in [-0.1, -0.05) is 18.3 Å². The standard InChI is InChI=1S/C16H13FN2O4S2/c1-2-15(20)19-16-18-13-8-5-11(9-14(13)24-16)23-25(21,22)12-6-3-10(17)4-7-12/h3-9H,2H2,1H3,(H,18,19,20). The van der Waals surface area contributed by atoms with Gasteiger partial charge in [-0.2, -0.15) is 8.42 Å². The van der Waals surface area contributed by atoms with Gasteiger partial charge in [0.2, 0.25) is 5.91 Å². The first-order valence-electron chi connectivity index (χ1n) is 7.28. The van der Waals surface area contributed by atoms with Crippen LogP contribution in [0.4, 0.5) is 9.52 Å². The van der Waals surface area contributed by atoms with Crippen LogP contribution in [0.5, 0.6) is 5.75 Å². The van der Waals surface area contributed by atoms with Crippen LogP contribution in [0, 0.1) is 5.82 Å². The van der Waals surface area contributed by atoms with Crippen molar-refractivity contribution >= 4 is 42.7 Å². The fourth-order valence-electron chi connectivity index (χ4n) is 1.99. The molecule has 25 heavy (non-hydrogen) atoms. The Morgan fingerprint density at radius 2 is 1.96 bits per heavy atom. The zero-order chi connectivity index (χ0) is 18.0. The fourth-order valence-corrected chi connectivity index (χ4v) is 3.83. The number of carbonyl (C=O) groups is 1. The number of halogens is 1. The van der Waals surface area contributed by atoms with Crippen LogP contribution in [-0.4, -0.2) is 19.3 Å². The molecular weight excluding hydrogens is 367 g/mol. The highest BCUT2D eigenvalue weighted by molar-refractivity contribution is 7.87. The Balaban J connectivity index is 1.86. The third-order valence-corrected chi connectivity index (χ3v) is 5.43. The molecule has 6 nitrogen and oxygen atoms in total. The van der Waals surface area contributed by atoms with E-state index in [0.717, 1.165) is 24.3 Å². The average molecular weight is 380 g/mol. The number of thiazole rings is 1. The lowest BCUT2D eigenvalue weighted by Gasteiger charge is -2.06. The van der Waals surface area contributed by atoms with E-state index in [-0.39, 0.29) is 16.6 Å². The van der Waals surface area contributed by atoms with Crippen LogP contribution in [0.1, 0.15) is 13.3 Å². The second kappa shape index (κ2) is 6.77. The summed E-state index contributed by atoms with van der Waals surface area (Å²) in [5, 5.41) is 3.08. The number of benzene rings is 2. The topological polar surface area (TPSA) is 85.4 Å². The normalized spacial score (nSPS) is 11.4. The predicted molar refractivity (Wildman–Crippen MR) is 92.8 cm³/mol. The van der Waals surface area contributed by atoms with E-state index in [1.165, 1.54) is 23.5 Å². The van der Waals surface area contributed by atoms with Crippen molar-refractivity contribution in [3.63, 3.8) is 0 Å². The molecule has 1 amide bonds. The van der Waals surface area contributed by atoms with E-state index in [1.54, 1.807) is 13.0 Å². The summed E-state index contributed by atoms with van der Waals surface area (Å²) in [5.41, 5.74) is 0.614. The Hall–Kier alpha value is -2.52. The molecule has 130 valence electrons. The molecule has 3 aromatic rings. The lowest BCUT2D eigenvalue weighted by molar-refractivity contribution is -0.115. The first kappa shape index (κ1) is 17.3. The molecule has 2 aromatic carbocycles. The fraction of sp³-hybridized carbons (Fsp3) is 0.125. The molecule has 1 heterocycles. The van der Waals surface area contributed by atoms with Gasteiger partial charge in [0.1, 0.15) is 16.5 Å². The summed E-state index contributed by atoms with van der Waals surface area (Å²) in [6, 6.07) is 8.95. The lowest BCUT2D eigenvalue weighted by atomic mass is 10.3. The number of fused-ring (bicyclic) bond motifs is 1. The third-order valence-electron chi connectivity index (χ3n) is 3.24. The number of aromatic nitrogens is 1. The SMILES string of the molecule is CCC(=O)Nc1nc2ccc(OS(=O)(=O)c3ccc(F)cc3)cc2s1. The summed E-state index contributed by atoms with van der Waals surface area (Å²) in [4.78, 5) is 15.5. The maximum absolute atomic E-state index is 12.9. The number of rotatable bonds is 5. The molecule has 9 heteroatoms. The maximum Gasteiger partial charge on any atom is 0.339 e. The van der Waals surface area contributed by atoms with E-state index in [1.807, 2.05) is 0 Å². The molecule has 0 fully saturated rings. The summed E-state index contributed by atoms with van der Waals surface area (Å²) in [7, 11) is -4.07. The van der Waals surface area contributed by atoms with E-state index < -0.39 is 15.9 Å². The van der Waals surface area contributed by atoms with Gasteiger partial charge >= 0.3 is 10.1 Å². The van der Waals surface area contributed by atoms with Gasteiger partial charge in [0.05, 0.1) is 10.2 Å². The van der Waals surface area contributed by atoms with Crippen LogP contribution in [0.15, 0.2) is 47.4 Å². The van der Waals surface area contributed by atoms with Crippen LogP contribution in [0.3, 0.4) is 0 Å². The Kier molecular flexibility index (Phi) is 4.69. The summed E-state index contributed by atoms with van der Waals surface area (Å²) in [6.45, 7) is 1.73. The molecule has 0 aliphatic heterocycles. The monoisotopic (exact) mass is 380 g/mol. The van der Waals surface area contributed by atoms with Crippen molar-refractivity contribution in [2.24, 2.45) is 0 Å². The van der Waals surface area contributed by atoms with E-state index in [9.17, 15) is 17.6 Å². The number of carbonyl (C=O) groups excluding carboxylic acids is 1. The van der Waals surface area contributed by atoms with Crippen molar-refractivity contribution in [1.29, 1.82) is 0 Å². The second-order valence-corrected chi connectivity index (χ2v) is 7.62. The minimum absolute atomic E-state index is 0.105. The molecule has 0 radical (unpaired) electrons. The number of hydrogen-bond acceptors (Lipinski definition) is 6. The lowest BCUT2D eigenvalue weighted by Crippen LogP contribution is -2.09. The van der Waals surface area contributed by atoms with Gasteiger partial charge in [-0.25, -0.2) is 9.37 Å². The number of amides is 1. The van der Waals surface area contributed by atoms with Crippen molar-refractivity contribution in [2.75, 3.05) is 5.32 Å². The molecule has 0 atom stereocenters. The highest BCUT2D eigenvalue weighted by Crippen LogP contribution is 2.30. The summed E-state index contributed by atoms with van der Waals surface area (Å²) < 4.78 is 43.1. The molecule has 3 rings (SSSR count). The van der Waals surface area contributed by atoms with Crippen molar-refractivity contribution in [2.45, 2.75) is 18.2 Å². The molecule has 0 saturated heterocycles. The molecule has 1 aromatic heterocycles.